The molecule has 0 amide bonds. The van der Waals surface area contributed by atoms with Gasteiger partial charge in [0, 0.05) is 6.42 Å². The van der Waals surface area contributed by atoms with E-state index in [4.69, 9.17) is 0 Å². The van der Waals surface area contributed by atoms with E-state index in [0.29, 0.717) is 5.92 Å². The third-order valence-corrected chi connectivity index (χ3v) is 4.92. The molecule has 1 saturated carbocycles. The predicted octanol–water partition coefficient (Wildman–Crippen LogP) is 3.51. The van der Waals surface area contributed by atoms with Crippen molar-refractivity contribution >= 4 is 0 Å². The highest BCUT2D eigenvalue weighted by Gasteiger charge is 2.43. The van der Waals surface area contributed by atoms with Crippen LogP contribution in [0, 0.1) is 11.8 Å². The zero-order valence-electron chi connectivity index (χ0n) is 11.6. The Bertz CT molecular complexity index is 441. The van der Waals surface area contributed by atoms with Gasteiger partial charge in [0.05, 0.1) is 5.60 Å². The molecule has 0 unspecified atom stereocenters. The lowest BCUT2D eigenvalue weighted by Gasteiger charge is -2.46. The number of hydrogen-bond acceptors (Lipinski definition) is 1. The maximum atomic E-state index is 10.5. The quantitative estimate of drug-likeness (QED) is 0.862. The summed E-state index contributed by atoms with van der Waals surface area (Å²) in [6.45, 7) is 4.53. The minimum absolute atomic E-state index is 0.415. The molecule has 0 radical (unpaired) electrons. The first-order valence-corrected chi connectivity index (χ1v) is 7.39. The van der Waals surface area contributed by atoms with Crippen LogP contribution in [0.2, 0.25) is 0 Å². The van der Waals surface area contributed by atoms with E-state index in [1.54, 1.807) is 0 Å². The summed E-state index contributed by atoms with van der Waals surface area (Å²) in [7, 11) is 0. The molecule has 2 aliphatic carbocycles. The zero-order chi connectivity index (χ0) is 12.8. The van der Waals surface area contributed by atoms with Gasteiger partial charge < -0.3 is 5.11 Å². The molecular weight excluding hydrogens is 220 g/mol. The second-order valence-corrected chi connectivity index (χ2v) is 6.77. The van der Waals surface area contributed by atoms with Gasteiger partial charge in [-0.1, -0.05) is 32.0 Å². The fourth-order valence-corrected chi connectivity index (χ4v) is 3.65. The predicted molar refractivity (Wildman–Crippen MR) is 74.7 cm³/mol. The van der Waals surface area contributed by atoms with E-state index in [-0.39, 0.29) is 0 Å². The van der Waals surface area contributed by atoms with Crippen molar-refractivity contribution in [2.75, 3.05) is 0 Å². The van der Waals surface area contributed by atoms with Crippen LogP contribution in [0.15, 0.2) is 18.2 Å². The maximum Gasteiger partial charge on any atom is 0.0693 e. The van der Waals surface area contributed by atoms with Gasteiger partial charge in [-0.05, 0) is 60.6 Å². The molecule has 1 fully saturated rings. The molecular formula is C17H24O. The smallest absolute Gasteiger partial charge is 0.0693 e. The van der Waals surface area contributed by atoms with E-state index in [9.17, 15) is 5.11 Å². The van der Waals surface area contributed by atoms with Crippen LogP contribution in [-0.4, -0.2) is 10.7 Å². The molecule has 0 bridgehead atoms. The second kappa shape index (κ2) is 4.38. The van der Waals surface area contributed by atoms with E-state index in [1.807, 2.05) is 0 Å². The lowest BCUT2D eigenvalue weighted by molar-refractivity contribution is -0.0860. The first-order valence-electron chi connectivity index (χ1n) is 7.39. The van der Waals surface area contributed by atoms with E-state index in [2.05, 4.69) is 32.0 Å². The number of rotatable bonds is 3. The summed E-state index contributed by atoms with van der Waals surface area (Å²) < 4.78 is 0. The summed E-state index contributed by atoms with van der Waals surface area (Å²) in [6.07, 6.45) is 6.61. The van der Waals surface area contributed by atoms with Crippen LogP contribution < -0.4 is 0 Å². The van der Waals surface area contributed by atoms with Gasteiger partial charge in [0.2, 0.25) is 0 Å². The van der Waals surface area contributed by atoms with Crippen LogP contribution in [0.1, 0.15) is 49.8 Å². The Hall–Kier alpha value is -0.820. The first-order chi connectivity index (χ1) is 8.56. The number of aliphatic hydroxyl groups is 1. The topological polar surface area (TPSA) is 20.2 Å². The van der Waals surface area contributed by atoms with Gasteiger partial charge in [0.15, 0.2) is 0 Å². The molecule has 3 rings (SSSR count). The van der Waals surface area contributed by atoms with Gasteiger partial charge in [0.1, 0.15) is 0 Å². The molecule has 1 aromatic rings. The number of fused-ring (bicyclic) bond motifs is 1. The fourth-order valence-electron chi connectivity index (χ4n) is 3.65. The van der Waals surface area contributed by atoms with Crippen molar-refractivity contribution in [3.05, 3.63) is 34.9 Å². The molecule has 0 heterocycles. The molecule has 1 aromatic carbocycles. The highest BCUT2D eigenvalue weighted by atomic mass is 16.3. The maximum absolute atomic E-state index is 10.5. The standard InChI is InChI=1S/C17H24O/c1-12(2)16-10-17(18,11-16)9-13-6-7-14-4-3-5-15(14)8-13/h6-8,12,16,18H,3-5,9-11H2,1-2H3. The number of aryl methyl sites for hydroxylation is 2. The molecule has 0 spiro atoms. The Morgan fingerprint density at radius 2 is 1.94 bits per heavy atom. The van der Waals surface area contributed by atoms with Crippen LogP contribution in [0.25, 0.3) is 0 Å². The minimum Gasteiger partial charge on any atom is -0.390 e. The molecule has 1 N–H and O–H groups in total. The van der Waals surface area contributed by atoms with Gasteiger partial charge in [-0.3, -0.25) is 0 Å². The third kappa shape index (κ3) is 2.21. The van der Waals surface area contributed by atoms with Crippen molar-refractivity contribution in [1.82, 2.24) is 0 Å². The normalized spacial score (nSPS) is 30.3. The van der Waals surface area contributed by atoms with Crippen molar-refractivity contribution in [1.29, 1.82) is 0 Å². The Balaban J connectivity index is 1.67. The molecule has 2 aliphatic rings. The number of benzene rings is 1. The Morgan fingerprint density at radius 3 is 2.67 bits per heavy atom. The first kappa shape index (κ1) is 12.2. The van der Waals surface area contributed by atoms with Crippen molar-refractivity contribution in [2.45, 2.75) is 58.0 Å². The SMILES string of the molecule is CC(C)C1CC(O)(Cc2ccc3c(c2)CCC3)C1. The fraction of sp³-hybridized carbons (Fsp3) is 0.647. The number of hydrogen-bond donors (Lipinski definition) is 1. The molecule has 18 heavy (non-hydrogen) atoms. The molecule has 0 saturated heterocycles. The highest BCUT2D eigenvalue weighted by Crippen LogP contribution is 2.44. The van der Waals surface area contributed by atoms with Crippen LogP contribution in [0.5, 0.6) is 0 Å². The Labute approximate surface area is 110 Å². The molecule has 1 nitrogen and oxygen atoms in total. The van der Waals surface area contributed by atoms with Crippen LogP contribution in [0.4, 0.5) is 0 Å². The van der Waals surface area contributed by atoms with Crippen LogP contribution in [-0.2, 0) is 19.3 Å². The van der Waals surface area contributed by atoms with E-state index >= 15 is 0 Å². The molecule has 0 atom stereocenters. The largest absolute Gasteiger partial charge is 0.390 e. The highest BCUT2D eigenvalue weighted by molar-refractivity contribution is 5.36. The second-order valence-electron chi connectivity index (χ2n) is 6.77. The average molecular weight is 244 g/mol. The van der Waals surface area contributed by atoms with Gasteiger partial charge in [-0.15, -0.1) is 0 Å². The Morgan fingerprint density at radius 1 is 1.22 bits per heavy atom. The van der Waals surface area contributed by atoms with Crippen molar-refractivity contribution in [3.63, 3.8) is 0 Å². The van der Waals surface area contributed by atoms with E-state index < -0.39 is 5.60 Å². The van der Waals surface area contributed by atoms with Crippen molar-refractivity contribution < 1.29 is 5.11 Å². The lowest BCUT2D eigenvalue weighted by Crippen LogP contribution is -2.47. The van der Waals surface area contributed by atoms with Gasteiger partial charge in [-0.2, -0.15) is 0 Å². The summed E-state index contributed by atoms with van der Waals surface area (Å²) in [4.78, 5) is 0. The minimum atomic E-state index is -0.415. The summed E-state index contributed by atoms with van der Waals surface area (Å²) >= 11 is 0. The van der Waals surface area contributed by atoms with E-state index in [1.165, 1.54) is 36.0 Å². The van der Waals surface area contributed by atoms with Crippen LogP contribution in [0.3, 0.4) is 0 Å². The molecule has 0 aromatic heterocycles. The summed E-state index contributed by atoms with van der Waals surface area (Å²) in [5, 5.41) is 10.5. The monoisotopic (exact) mass is 244 g/mol. The van der Waals surface area contributed by atoms with Crippen LogP contribution >= 0.6 is 0 Å². The molecule has 98 valence electrons. The average Bonchev–Trinajstić information content (AvgIpc) is 2.72. The van der Waals surface area contributed by atoms with Gasteiger partial charge in [0.25, 0.3) is 0 Å². The summed E-state index contributed by atoms with van der Waals surface area (Å²) in [5.41, 5.74) is 3.97. The van der Waals surface area contributed by atoms with Gasteiger partial charge in [-0.25, -0.2) is 0 Å². The molecule has 1 heteroatoms. The Kier molecular flexibility index (Phi) is 2.97. The summed E-state index contributed by atoms with van der Waals surface area (Å²) in [6, 6.07) is 6.84. The zero-order valence-corrected chi connectivity index (χ0v) is 11.6. The van der Waals surface area contributed by atoms with E-state index in [0.717, 1.165) is 25.2 Å². The van der Waals surface area contributed by atoms with Gasteiger partial charge >= 0.3 is 0 Å². The van der Waals surface area contributed by atoms with Crippen molar-refractivity contribution in [2.24, 2.45) is 11.8 Å². The lowest BCUT2D eigenvalue weighted by atomic mass is 9.64. The molecule has 0 aliphatic heterocycles. The summed E-state index contributed by atoms with van der Waals surface area (Å²) in [5.74, 6) is 1.44. The third-order valence-electron chi connectivity index (χ3n) is 4.92. The van der Waals surface area contributed by atoms with Crippen molar-refractivity contribution in [3.8, 4) is 0 Å².